The average molecular weight is 210 g/mol. The molecule has 0 saturated heterocycles. The van der Waals surface area contributed by atoms with Gasteiger partial charge in [-0.1, -0.05) is 13.3 Å². The van der Waals surface area contributed by atoms with Crippen molar-refractivity contribution in [2.45, 2.75) is 32.4 Å². The van der Waals surface area contributed by atoms with E-state index in [0.29, 0.717) is 6.54 Å². The van der Waals surface area contributed by atoms with E-state index in [4.69, 9.17) is 5.73 Å². The summed E-state index contributed by atoms with van der Waals surface area (Å²) >= 11 is 0. The highest BCUT2D eigenvalue weighted by molar-refractivity contribution is 5.81. The predicted octanol–water partition coefficient (Wildman–Crippen LogP) is 0.164. The van der Waals surface area contributed by atoms with Gasteiger partial charge < -0.3 is 11.1 Å². The number of hydrogen-bond donors (Lipinski definition) is 2. The minimum Gasteiger partial charge on any atom is -0.349 e. The Kier molecular flexibility index (Phi) is 4.30. The Bertz CT molecular complexity index is 321. The molecule has 3 N–H and O–H groups in total. The first kappa shape index (κ1) is 11.7. The van der Waals surface area contributed by atoms with Crippen LogP contribution in [-0.2, 0) is 18.4 Å². The summed E-state index contributed by atoms with van der Waals surface area (Å²) in [7, 11) is 1.84. The number of aromatic nitrogens is 2. The molecule has 0 spiro atoms. The minimum absolute atomic E-state index is 0.0990. The molecule has 0 saturated carbocycles. The van der Waals surface area contributed by atoms with E-state index >= 15 is 0 Å². The molecule has 5 nitrogen and oxygen atoms in total. The van der Waals surface area contributed by atoms with Gasteiger partial charge in [0.05, 0.1) is 18.3 Å². The van der Waals surface area contributed by atoms with Gasteiger partial charge in [-0.15, -0.1) is 0 Å². The van der Waals surface area contributed by atoms with Gasteiger partial charge in [-0.05, 0) is 12.5 Å². The summed E-state index contributed by atoms with van der Waals surface area (Å²) in [6.45, 7) is 2.49. The third kappa shape index (κ3) is 3.36. The Balaban J connectivity index is 2.37. The van der Waals surface area contributed by atoms with Crippen molar-refractivity contribution in [3.05, 3.63) is 18.0 Å². The van der Waals surface area contributed by atoms with Crippen LogP contribution in [-0.4, -0.2) is 21.7 Å². The molecule has 84 valence electrons. The predicted molar refractivity (Wildman–Crippen MR) is 57.9 cm³/mol. The molecule has 1 rings (SSSR count). The zero-order valence-corrected chi connectivity index (χ0v) is 9.23. The van der Waals surface area contributed by atoms with Crippen LogP contribution in [0.3, 0.4) is 0 Å². The molecule has 1 aromatic rings. The first-order valence-corrected chi connectivity index (χ1v) is 5.15. The lowest BCUT2D eigenvalue weighted by Crippen LogP contribution is -2.40. The molecule has 0 bridgehead atoms. The molecule has 1 aromatic heterocycles. The molecular formula is C10H18N4O. The number of nitrogens with zero attached hydrogens (tertiary/aromatic N) is 2. The maximum absolute atomic E-state index is 11.5. The molecule has 1 amide bonds. The summed E-state index contributed by atoms with van der Waals surface area (Å²) in [6, 6.07) is 1.47. The van der Waals surface area contributed by atoms with Crippen LogP contribution in [0.1, 0.15) is 25.5 Å². The van der Waals surface area contributed by atoms with Crippen molar-refractivity contribution in [1.82, 2.24) is 15.1 Å². The van der Waals surface area contributed by atoms with E-state index in [1.807, 2.05) is 20.0 Å². The van der Waals surface area contributed by atoms with Gasteiger partial charge in [0, 0.05) is 13.2 Å². The molecule has 0 aliphatic carbocycles. The van der Waals surface area contributed by atoms with E-state index in [-0.39, 0.29) is 5.91 Å². The Morgan fingerprint density at radius 1 is 1.73 bits per heavy atom. The Hall–Kier alpha value is -1.36. The smallest absolute Gasteiger partial charge is 0.237 e. The van der Waals surface area contributed by atoms with E-state index < -0.39 is 6.04 Å². The van der Waals surface area contributed by atoms with Crippen LogP contribution >= 0.6 is 0 Å². The topological polar surface area (TPSA) is 72.9 Å². The second-order valence-electron chi connectivity index (χ2n) is 3.56. The first-order valence-electron chi connectivity index (χ1n) is 5.15. The Morgan fingerprint density at radius 3 is 3.00 bits per heavy atom. The molecule has 1 atom stereocenters. The van der Waals surface area contributed by atoms with Crippen LogP contribution < -0.4 is 11.1 Å². The van der Waals surface area contributed by atoms with E-state index in [1.165, 1.54) is 0 Å². The number of nitrogens with one attached hydrogen (secondary N) is 1. The number of nitrogens with two attached hydrogens (primary N) is 1. The van der Waals surface area contributed by atoms with Crippen molar-refractivity contribution < 1.29 is 4.79 Å². The third-order valence-corrected chi connectivity index (χ3v) is 2.30. The maximum atomic E-state index is 11.5. The number of carbonyl (C=O) groups is 1. The Morgan fingerprint density at radius 2 is 2.47 bits per heavy atom. The van der Waals surface area contributed by atoms with Gasteiger partial charge in [0.1, 0.15) is 0 Å². The molecule has 0 aliphatic rings. The molecule has 0 aromatic carbocycles. The molecule has 0 radical (unpaired) electrons. The van der Waals surface area contributed by atoms with Gasteiger partial charge in [0.15, 0.2) is 0 Å². The molecule has 5 heteroatoms. The minimum atomic E-state index is -0.400. The summed E-state index contributed by atoms with van der Waals surface area (Å²) in [5.74, 6) is -0.0990. The van der Waals surface area contributed by atoms with E-state index in [1.54, 1.807) is 10.9 Å². The lowest BCUT2D eigenvalue weighted by atomic mass is 10.2. The number of hydrogen-bond acceptors (Lipinski definition) is 3. The standard InChI is InChI=1S/C10H18N4O/c1-3-4-9(11)10(15)12-7-8-5-6-13-14(8)2/h5-6,9H,3-4,7,11H2,1-2H3,(H,12,15)/t9-/m1/s1. The fourth-order valence-electron chi connectivity index (χ4n) is 1.33. The summed E-state index contributed by atoms with van der Waals surface area (Å²) in [6.07, 6.45) is 3.34. The normalized spacial score (nSPS) is 12.5. The SMILES string of the molecule is CCC[C@@H](N)C(=O)NCc1ccnn1C. The third-order valence-electron chi connectivity index (χ3n) is 2.30. The van der Waals surface area contributed by atoms with Gasteiger partial charge in [-0.3, -0.25) is 9.48 Å². The number of rotatable bonds is 5. The zero-order valence-electron chi connectivity index (χ0n) is 9.23. The maximum Gasteiger partial charge on any atom is 0.237 e. The van der Waals surface area contributed by atoms with Crippen molar-refractivity contribution in [1.29, 1.82) is 0 Å². The van der Waals surface area contributed by atoms with Crippen LogP contribution in [0.15, 0.2) is 12.3 Å². The number of aryl methyl sites for hydroxylation is 1. The van der Waals surface area contributed by atoms with Crippen molar-refractivity contribution in [3.8, 4) is 0 Å². The fourth-order valence-corrected chi connectivity index (χ4v) is 1.33. The Labute approximate surface area is 89.6 Å². The van der Waals surface area contributed by atoms with Gasteiger partial charge >= 0.3 is 0 Å². The van der Waals surface area contributed by atoms with Gasteiger partial charge in [-0.25, -0.2) is 0 Å². The molecule has 0 aliphatic heterocycles. The van der Waals surface area contributed by atoms with Crippen molar-refractivity contribution >= 4 is 5.91 Å². The van der Waals surface area contributed by atoms with Gasteiger partial charge in [0.2, 0.25) is 5.91 Å². The lowest BCUT2D eigenvalue weighted by molar-refractivity contribution is -0.122. The van der Waals surface area contributed by atoms with Crippen molar-refractivity contribution in [2.24, 2.45) is 12.8 Å². The number of carbonyl (C=O) groups excluding carboxylic acids is 1. The largest absolute Gasteiger partial charge is 0.349 e. The van der Waals surface area contributed by atoms with E-state index in [0.717, 1.165) is 18.5 Å². The summed E-state index contributed by atoms with van der Waals surface area (Å²) in [4.78, 5) is 11.5. The van der Waals surface area contributed by atoms with Crippen LogP contribution in [0, 0.1) is 0 Å². The van der Waals surface area contributed by atoms with Crippen LogP contribution in [0.5, 0.6) is 0 Å². The first-order chi connectivity index (χ1) is 7.15. The second-order valence-corrected chi connectivity index (χ2v) is 3.56. The van der Waals surface area contributed by atoms with Gasteiger partial charge in [-0.2, -0.15) is 5.10 Å². The highest BCUT2D eigenvalue weighted by Crippen LogP contribution is 1.97. The van der Waals surface area contributed by atoms with Crippen LogP contribution in [0.4, 0.5) is 0 Å². The highest BCUT2D eigenvalue weighted by Gasteiger charge is 2.11. The molecule has 1 heterocycles. The average Bonchev–Trinajstić information content (AvgIpc) is 2.61. The summed E-state index contributed by atoms with van der Waals surface area (Å²) in [5.41, 5.74) is 6.64. The monoisotopic (exact) mass is 210 g/mol. The van der Waals surface area contributed by atoms with Crippen LogP contribution in [0.2, 0.25) is 0 Å². The van der Waals surface area contributed by atoms with Crippen LogP contribution in [0.25, 0.3) is 0 Å². The van der Waals surface area contributed by atoms with Crippen molar-refractivity contribution in [3.63, 3.8) is 0 Å². The number of amides is 1. The molecule has 0 unspecified atom stereocenters. The molecule has 0 fully saturated rings. The highest BCUT2D eigenvalue weighted by atomic mass is 16.2. The van der Waals surface area contributed by atoms with E-state index in [9.17, 15) is 4.79 Å². The molecule has 15 heavy (non-hydrogen) atoms. The van der Waals surface area contributed by atoms with E-state index in [2.05, 4.69) is 10.4 Å². The summed E-state index contributed by atoms with van der Waals surface area (Å²) in [5, 5.41) is 6.80. The second kappa shape index (κ2) is 5.50. The zero-order chi connectivity index (χ0) is 11.3. The fraction of sp³-hybridized carbons (Fsp3) is 0.600. The van der Waals surface area contributed by atoms with Crippen molar-refractivity contribution in [2.75, 3.05) is 0 Å². The quantitative estimate of drug-likeness (QED) is 0.727. The summed E-state index contributed by atoms with van der Waals surface area (Å²) < 4.78 is 1.73. The molecular weight excluding hydrogens is 192 g/mol. The van der Waals surface area contributed by atoms with Gasteiger partial charge in [0.25, 0.3) is 0 Å². The lowest BCUT2D eigenvalue weighted by Gasteiger charge is -2.10.